The third-order valence-electron chi connectivity index (χ3n) is 11.6. The van der Waals surface area contributed by atoms with E-state index in [-0.39, 0.29) is 30.4 Å². The monoisotopic (exact) mass is 668 g/mol. The average Bonchev–Trinajstić information content (AvgIpc) is 3.29. The van der Waals surface area contributed by atoms with Crippen LogP contribution in [-0.4, -0.2) is 78.1 Å². The number of halogens is 1. The lowest BCUT2D eigenvalue weighted by atomic mass is 9.44. The van der Waals surface area contributed by atoms with Crippen molar-refractivity contribution in [3.63, 3.8) is 0 Å². The molecule has 13 heteroatoms. The molecular weight excluding hydrogens is 622 g/mol. The number of carbonyl (C=O) groups is 4. The van der Waals surface area contributed by atoms with Crippen LogP contribution in [0, 0.1) is 34.0 Å². The van der Waals surface area contributed by atoms with Gasteiger partial charge in [-0.05, 0) is 80.9 Å². The van der Waals surface area contributed by atoms with Crippen molar-refractivity contribution in [1.29, 1.82) is 0 Å². The molecule has 4 aliphatic rings. The fourth-order valence-electron chi connectivity index (χ4n) is 8.85. The van der Waals surface area contributed by atoms with Gasteiger partial charge in [0.25, 0.3) is 6.47 Å². The molecule has 0 aromatic heterocycles. The molecule has 3 saturated carbocycles. The van der Waals surface area contributed by atoms with Gasteiger partial charge in [0, 0.05) is 22.7 Å². The molecule has 2 bridgehead atoms. The van der Waals surface area contributed by atoms with E-state index in [4.69, 9.17) is 18.9 Å². The lowest BCUT2D eigenvalue weighted by Gasteiger charge is -2.61. The first-order valence-electron chi connectivity index (χ1n) is 16.5. The van der Waals surface area contributed by atoms with E-state index in [1.54, 1.807) is 39.0 Å². The minimum atomic E-state index is -1.66. The van der Waals surface area contributed by atoms with E-state index in [9.17, 15) is 24.2 Å². The number of hydrazone groups is 1. The summed E-state index contributed by atoms with van der Waals surface area (Å²) in [6, 6.07) is 4.73. The van der Waals surface area contributed by atoms with Crippen LogP contribution in [0.25, 0.3) is 0 Å². The van der Waals surface area contributed by atoms with E-state index >= 15 is 4.39 Å². The highest BCUT2D eigenvalue weighted by Gasteiger charge is 2.71. The fourth-order valence-corrected chi connectivity index (χ4v) is 8.85. The van der Waals surface area contributed by atoms with Gasteiger partial charge in [-0.3, -0.25) is 9.59 Å². The summed E-state index contributed by atoms with van der Waals surface area (Å²) in [6.07, 6.45) is 0.499. The zero-order valence-electron chi connectivity index (χ0n) is 28.7. The molecule has 1 heterocycles. The maximum atomic E-state index is 15.5. The summed E-state index contributed by atoms with van der Waals surface area (Å²) >= 11 is 0. The van der Waals surface area contributed by atoms with E-state index < -0.39 is 77.6 Å². The molecule has 0 saturated heterocycles. The predicted molar refractivity (Wildman–Crippen MR) is 175 cm³/mol. The number of fused-ring (bicyclic) bond motifs is 1. The van der Waals surface area contributed by atoms with Crippen LogP contribution in [0.3, 0.4) is 0 Å². The molecule has 1 N–H and O–H groups in total. The van der Waals surface area contributed by atoms with Crippen molar-refractivity contribution in [2.24, 2.45) is 39.1 Å². The normalized spacial score (nSPS) is 35.8. The Morgan fingerprint density at radius 3 is 2.58 bits per heavy atom. The Hall–Kier alpha value is -3.74. The summed E-state index contributed by atoms with van der Waals surface area (Å²) in [4.78, 5) is 52.5. The van der Waals surface area contributed by atoms with E-state index in [1.165, 1.54) is 12.3 Å². The molecular formula is C35H46BFN2O9. The Bertz CT molecular complexity index is 1510. The number of carbonyl (C=O) groups excluding carboxylic acids is 4. The second-order valence-electron chi connectivity index (χ2n) is 15.4. The Morgan fingerprint density at radius 2 is 1.94 bits per heavy atom. The van der Waals surface area contributed by atoms with Crippen molar-refractivity contribution in [2.45, 2.75) is 98.1 Å². The molecule has 1 amide bonds. The molecule has 1 aromatic carbocycles. The van der Waals surface area contributed by atoms with Crippen LogP contribution < -0.4 is 10.2 Å². The van der Waals surface area contributed by atoms with E-state index in [1.807, 2.05) is 27.7 Å². The van der Waals surface area contributed by atoms with Crippen molar-refractivity contribution in [2.75, 3.05) is 6.61 Å². The first kappa shape index (κ1) is 35.6. The van der Waals surface area contributed by atoms with Gasteiger partial charge in [-0.25, -0.2) is 18.9 Å². The second kappa shape index (κ2) is 12.6. The van der Waals surface area contributed by atoms with Crippen LogP contribution in [0.15, 0.2) is 36.0 Å². The summed E-state index contributed by atoms with van der Waals surface area (Å²) in [6.45, 7) is 16.8. The van der Waals surface area contributed by atoms with Crippen LogP contribution in [0.5, 0.6) is 5.75 Å². The van der Waals surface area contributed by atoms with Crippen LogP contribution >= 0.6 is 0 Å². The Morgan fingerprint density at radius 1 is 1.23 bits per heavy atom. The van der Waals surface area contributed by atoms with Gasteiger partial charge in [0.2, 0.25) is 0 Å². The summed E-state index contributed by atoms with van der Waals surface area (Å²) in [7, 11) is -1.46. The maximum absolute atomic E-state index is 15.5. The molecule has 9 atom stereocenters. The molecule has 3 aliphatic carbocycles. The van der Waals surface area contributed by atoms with Gasteiger partial charge < -0.3 is 24.0 Å². The molecule has 0 unspecified atom stereocenters. The number of nitrogens with zero attached hydrogens (tertiary/aromatic N) is 2. The van der Waals surface area contributed by atoms with Crippen molar-refractivity contribution in [3.05, 3.63) is 36.4 Å². The van der Waals surface area contributed by atoms with Crippen LogP contribution in [-0.2, 0) is 28.6 Å². The number of ketones is 1. The van der Waals surface area contributed by atoms with E-state index in [0.717, 1.165) is 4.92 Å². The highest BCUT2D eigenvalue weighted by Crippen LogP contribution is 2.68. The van der Waals surface area contributed by atoms with Crippen LogP contribution in [0.4, 0.5) is 9.18 Å². The van der Waals surface area contributed by atoms with Gasteiger partial charge in [0.1, 0.15) is 23.6 Å². The van der Waals surface area contributed by atoms with Crippen LogP contribution in [0.2, 0.25) is 0 Å². The van der Waals surface area contributed by atoms with Gasteiger partial charge >= 0.3 is 19.1 Å². The van der Waals surface area contributed by atoms with E-state index in [0.29, 0.717) is 30.3 Å². The van der Waals surface area contributed by atoms with Crippen molar-refractivity contribution >= 4 is 43.0 Å². The minimum Gasteiger partial charge on any atom is -0.482 e. The Labute approximate surface area is 281 Å². The summed E-state index contributed by atoms with van der Waals surface area (Å²) in [5.41, 5.74) is -2.51. The van der Waals surface area contributed by atoms with Crippen molar-refractivity contribution in [3.8, 4) is 5.75 Å². The smallest absolute Gasteiger partial charge is 0.478 e. The number of rotatable bonds is 7. The number of alkyl halides is 1. The number of hydrogen-bond acceptors (Lipinski definition) is 10. The molecule has 260 valence electrons. The Kier molecular flexibility index (Phi) is 9.35. The van der Waals surface area contributed by atoms with E-state index in [2.05, 4.69) is 11.7 Å². The standard InChI is InChI=1S/C35H46BFN2O9/c1-9-33(7)16-26(34(8)20(2)12-13-35(21(3)30(33)46-19-40)15-25(37)28(42)29(34)35)47-27(41)18-45-23-11-10-22-17-38-39(36(44)24(22)14-23)31(43)48-32(4,5)6/h9-11,14,17,19-21,25-26,29-30,44H,1,12-13,15-16,18H2,2-8H3/t20-,21+,25+,26-,29+,30+,33-,34+,35+/m1/s1. The van der Waals surface area contributed by atoms with Crippen molar-refractivity contribution < 1.29 is 47.5 Å². The van der Waals surface area contributed by atoms with Gasteiger partial charge in [0.15, 0.2) is 18.6 Å². The summed E-state index contributed by atoms with van der Waals surface area (Å²) in [5, 5.41) is 14.9. The highest BCUT2D eigenvalue weighted by atomic mass is 19.1. The summed E-state index contributed by atoms with van der Waals surface area (Å²) < 4.78 is 38.6. The molecule has 48 heavy (non-hydrogen) atoms. The quantitative estimate of drug-likeness (QED) is 0.147. The molecule has 1 aromatic rings. The van der Waals surface area contributed by atoms with Crippen LogP contribution in [0.1, 0.15) is 79.7 Å². The third-order valence-corrected chi connectivity index (χ3v) is 11.6. The van der Waals surface area contributed by atoms with Gasteiger partial charge in [-0.15, -0.1) is 6.58 Å². The minimum absolute atomic E-state index is 0.0237. The first-order valence-corrected chi connectivity index (χ1v) is 16.5. The number of ether oxygens (including phenoxy) is 4. The Balaban J connectivity index is 1.40. The van der Waals surface area contributed by atoms with Crippen molar-refractivity contribution in [1.82, 2.24) is 4.92 Å². The molecule has 5 rings (SSSR count). The third kappa shape index (κ3) is 5.92. The zero-order valence-corrected chi connectivity index (χ0v) is 28.7. The second-order valence-corrected chi connectivity index (χ2v) is 15.4. The molecule has 3 fully saturated rings. The number of benzene rings is 1. The van der Waals surface area contributed by atoms with Gasteiger partial charge in [-0.1, -0.05) is 39.8 Å². The largest absolute Gasteiger partial charge is 0.482 e. The molecule has 0 spiro atoms. The zero-order chi connectivity index (χ0) is 35.4. The van der Waals surface area contributed by atoms with Gasteiger partial charge in [0.05, 0.1) is 6.21 Å². The number of amides is 1. The highest BCUT2D eigenvalue weighted by molar-refractivity contribution is 6.67. The van der Waals surface area contributed by atoms with Gasteiger partial charge in [-0.2, -0.15) is 5.10 Å². The average molecular weight is 669 g/mol. The molecule has 0 radical (unpaired) electrons. The number of Topliss-reactive ketones (excluding diaryl/α,β-unsaturated/α-hetero) is 1. The lowest BCUT2D eigenvalue weighted by Crippen LogP contribution is -2.63. The first-order chi connectivity index (χ1) is 22.4. The predicted octanol–water partition coefficient (Wildman–Crippen LogP) is 4.37. The fraction of sp³-hybridized carbons (Fsp3) is 0.629. The topological polar surface area (TPSA) is 141 Å². The number of hydrogen-bond donors (Lipinski definition) is 1. The summed E-state index contributed by atoms with van der Waals surface area (Å²) in [5.74, 6) is -2.17. The number of esters is 1. The molecule has 11 nitrogen and oxygen atoms in total. The maximum Gasteiger partial charge on any atom is 0.478 e. The SMILES string of the molecule is C=C[C@]1(C)C[C@@H](OC(=O)COc2ccc3c(c2)B(O)N(C(=O)OC(C)(C)C)N=C3)[C@]2(C)[C@H](C)CC[C@]3(C[C@H](F)C(=O)[C@H]32)[C@@H](C)[C@@H]1OC=O. The molecule has 1 aliphatic heterocycles. The lowest BCUT2D eigenvalue weighted by molar-refractivity contribution is -0.211.